The fraction of sp³-hybridized carbons (Fsp3) is 0.429. The molecule has 0 unspecified atom stereocenters. The number of nitrogens with zero attached hydrogens (tertiary/aromatic N) is 2. The van der Waals surface area contributed by atoms with E-state index < -0.39 is 0 Å². The summed E-state index contributed by atoms with van der Waals surface area (Å²) in [5, 5.41) is 0. The van der Waals surface area contributed by atoms with Crippen molar-refractivity contribution in [1.82, 2.24) is 4.90 Å². The fourth-order valence-electron chi connectivity index (χ4n) is 3.55. The molecule has 128 valence electrons. The Labute approximate surface area is 145 Å². The zero-order valence-electron chi connectivity index (χ0n) is 15.3. The van der Waals surface area contributed by atoms with E-state index in [0.29, 0.717) is 0 Å². The Morgan fingerprint density at radius 1 is 0.875 bits per heavy atom. The second-order valence-electron chi connectivity index (χ2n) is 6.73. The second-order valence-corrected chi connectivity index (χ2v) is 6.73. The van der Waals surface area contributed by atoms with Gasteiger partial charge in [0.25, 0.3) is 0 Å². The van der Waals surface area contributed by atoms with Crippen LogP contribution in [-0.4, -0.2) is 38.2 Å². The highest BCUT2D eigenvalue weighted by Gasteiger charge is 2.19. The van der Waals surface area contributed by atoms with E-state index in [-0.39, 0.29) is 0 Å². The maximum Gasteiger partial charge on any atom is 0.122 e. The van der Waals surface area contributed by atoms with Crippen molar-refractivity contribution in [2.75, 3.05) is 38.2 Å². The maximum absolute atomic E-state index is 5.42. The zero-order chi connectivity index (χ0) is 17.1. The summed E-state index contributed by atoms with van der Waals surface area (Å²) in [5.74, 6) is 0.987. The van der Waals surface area contributed by atoms with Gasteiger partial charge in [-0.25, -0.2) is 0 Å². The molecule has 0 N–H and O–H groups in total. The minimum absolute atomic E-state index is 0.987. The van der Waals surface area contributed by atoms with Crippen molar-refractivity contribution in [2.45, 2.75) is 27.3 Å². The molecule has 1 aliphatic heterocycles. The monoisotopic (exact) mass is 324 g/mol. The predicted octanol–water partition coefficient (Wildman–Crippen LogP) is 3.94. The molecule has 3 rings (SSSR count). The van der Waals surface area contributed by atoms with Gasteiger partial charge >= 0.3 is 0 Å². The Bertz CT molecular complexity index is 703. The van der Waals surface area contributed by atoms with E-state index >= 15 is 0 Å². The summed E-state index contributed by atoms with van der Waals surface area (Å²) < 4.78 is 5.42. The first-order chi connectivity index (χ1) is 11.6. The molecule has 2 aromatic rings. The Morgan fingerprint density at radius 3 is 2.25 bits per heavy atom. The van der Waals surface area contributed by atoms with Crippen molar-refractivity contribution in [1.29, 1.82) is 0 Å². The quantitative estimate of drug-likeness (QED) is 0.847. The Balaban J connectivity index is 1.64. The highest BCUT2D eigenvalue weighted by atomic mass is 16.5. The average Bonchev–Trinajstić information content (AvgIpc) is 2.60. The number of rotatable bonds is 4. The number of methoxy groups -OCH3 is 1. The van der Waals surface area contributed by atoms with Crippen molar-refractivity contribution in [2.24, 2.45) is 0 Å². The molecule has 24 heavy (non-hydrogen) atoms. The molecule has 1 saturated heterocycles. The van der Waals surface area contributed by atoms with E-state index in [1.54, 1.807) is 7.11 Å². The molecule has 1 fully saturated rings. The summed E-state index contributed by atoms with van der Waals surface area (Å²) in [6, 6.07) is 13.0. The molecule has 1 aliphatic rings. The molecule has 0 radical (unpaired) electrons. The fourth-order valence-corrected chi connectivity index (χ4v) is 3.55. The van der Waals surface area contributed by atoms with Crippen molar-refractivity contribution < 1.29 is 4.74 Å². The molecule has 0 aliphatic carbocycles. The molecule has 0 bridgehead atoms. The molecule has 0 aromatic heterocycles. The van der Waals surface area contributed by atoms with E-state index in [2.05, 4.69) is 67.0 Å². The molecule has 3 heteroatoms. The minimum Gasteiger partial charge on any atom is -0.496 e. The second kappa shape index (κ2) is 7.27. The molecule has 1 heterocycles. The number of ether oxygens (including phenoxy) is 1. The van der Waals surface area contributed by atoms with Crippen molar-refractivity contribution in [3.8, 4) is 5.75 Å². The van der Waals surface area contributed by atoms with Crippen LogP contribution in [0.1, 0.15) is 22.3 Å². The number of hydrogen-bond acceptors (Lipinski definition) is 3. The van der Waals surface area contributed by atoms with Gasteiger partial charge in [0, 0.05) is 38.4 Å². The van der Waals surface area contributed by atoms with Gasteiger partial charge in [0.1, 0.15) is 5.75 Å². The topological polar surface area (TPSA) is 15.7 Å². The minimum atomic E-state index is 0.987. The number of para-hydroxylation sites is 1. The number of aryl methyl sites for hydroxylation is 1. The molecule has 0 amide bonds. The first-order valence-corrected chi connectivity index (χ1v) is 8.76. The van der Waals surface area contributed by atoms with Gasteiger partial charge in [-0.15, -0.1) is 0 Å². The van der Waals surface area contributed by atoms with Gasteiger partial charge in [-0.2, -0.15) is 0 Å². The number of benzene rings is 2. The predicted molar refractivity (Wildman–Crippen MR) is 101 cm³/mol. The molecule has 0 atom stereocenters. The summed E-state index contributed by atoms with van der Waals surface area (Å²) in [6.45, 7) is 12.0. The summed E-state index contributed by atoms with van der Waals surface area (Å²) in [4.78, 5) is 5.07. The van der Waals surface area contributed by atoms with Gasteiger partial charge in [-0.05, 0) is 55.2 Å². The summed E-state index contributed by atoms with van der Waals surface area (Å²) in [6.07, 6.45) is 0. The van der Waals surface area contributed by atoms with Crippen LogP contribution in [0.5, 0.6) is 5.75 Å². The van der Waals surface area contributed by atoms with Gasteiger partial charge in [-0.3, -0.25) is 4.90 Å². The van der Waals surface area contributed by atoms with Crippen molar-refractivity contribution >= 4 is 5.69 Å². The highest BCUT2D eigenvalue weighted by Crippen LogP contribution is 2.26. The van der Waals surface area contributed by atoms with Crippen LogP contribution in [0.2, 0.25) is 0 Å². The van der Waals surface area contributed by atoms with Crippen LogP contribution >= 0.6 is 0 Å². The first kappa shape index (κ1) is 16.8. The van der Waals surface area contributed by atoms with E-state index in [1.807, 2.05) is 0 Å². The van der Waals surface area contributed by atoms with E-state index in [9.17, 15) is 0 Å². The van der Waals surface area contributed by atoms with Gasteiger partial charge in [0.15, 0.2) is 0 Å². The van der Waals surface area contributed by atoms with Crippen LogP contribution in [0.4, 0.5) is 5.69 Å². The normalized spacial score (nSPS) is 15.6. The third-order valence-electron chi connectivity index (χ3n) is 5.29. The summed E-state index contributed by atoms with van der Waals surface area (Å²) in [5.41, 5.74) is 6.78. The van der Waals surface area contributed by atoms with Gasteiger partial charge in [-0.1, -0.05) is 24.3 Å². The molecule has 3 nitrogen and oxygen atoms in total. The van der Waals surface area contributed by atoms with E-state index in [0.717, 1.165) is 38.5 Å². The smallest absolute Gasteiger partial charge is 0.122 e. The van der Waals surface area contributed by atoms with Crippen LogP contribution in [0.15, 0.2) is 36.4 Å². The third-order valence-corrected chi connectivity index (χ3v) is 5.29. The number of anilines is 1. The Kier molecular flexibility index (Phi) is 5.10. The molecular weight excluding hydrogens is 296 g/mol. The van der Waals surface area contributed by atoms with Gasteiger partial charge in [0.05, 0.1) is 7.11 Å². The Hall–Kier alpha value is -2.00. The lowest BCUT2D eigenvalue weighted by molar-refractivity contribution is 0.249. The molecule has 0 spiro atoms. The van der Waals surface area contributed by atoms with Crippen LogP contribution in [-0.2, 0) is 6.54 Å². The van der Waals surface area contributed by atoms with Gasteiger partial charge < -0.3 is 9.64 Å². The zero-order valence-corrected chi connectivity index (χ0v) is 15.3. The van der Waals surface area contributed by atoms with Crippen molar-refractivity contribution in [3.63, 3.8) is 0 Å². The standard InChI is InChI=1S/C21H28N2O/c1-16-7-5-6-8-20(16)23-13-11-22(12-14-23)15-19-9-10-21(24-4)18(3)17(19)2/h5-10H,11-15H2,1-4H3. The summed E-state index contributed by atoms with van der Waals surface area (Å²) in [7, 11) is 1.74. The first-order valence-electron chi connectivity index (χ1n) is 8.76. The third kappa shape index (κ3) is 3.41. The van der Waals surface area contributed by atoms with Crippen LogP contribution in [0.25, 0.3) is 0 Å². The molecular formula is C21H28N2O. The molecule has 2 aromatic carbocycles. The maximum atomic E-state index is 5.42. The SMILES string of the molecule is COc1ccc(CN2CCN(c3ccccc3C)CC2)c(C)c1C. The average molecular weight is 324 g/mol. The van der Waals surface area contributed by atoms with Crippen molar-refractivity contribution in [3.05, 3.63) is 58.7 Å². The van der Waals surface area contributed by atoms with Crippen LogP contribution in [0, 0.1) is 20.8 Å². The Morgan fingerprint density at radius 2 is 1.58 bits per heavy atom. The number of piperazine rings is 1. The van der Waals surface area contributed by atoms with Crippen LogP contribution in [0.3, 0.4) is 0 Å². The lowest BCUT2D eigenvalue weighted by Crippen LogP contribution is -2.46. The largest absolute Gasteiger partial charge is 0.496 e. The number of hydrogen-bond donors (Lipinski definition) is 0. The van der Waals surface area contributed by atoms with Gasteiger partial charge in [0.2, 0.25) is 0 Å². The van der Waals surface area contributed by atoms with Crippen LogP contribution < -0.4 is 9.64 Å². The lowest BCUT2D eigenvalue weighted by atomic mass is 10.0. The van der Waals surface area contributed by atoms with E-state index in [4.69, 9.17) is 4.74 Å². The van der Waals surface area contributed by atoms with E-state index in [1.165, 1.54) is 27.9 Å². The lowest BCUT2D eigenvalue weighted by Gasteiger charge is -2.37. The highest BCUT2D eigenvalue weighted by molar-refractivity contribution is 5.53. The molecule has 0 saturated carbocycles. The summed E-state index contributed by atoms with van der Waals surface area (Å²) >= 11 is 0.